The molecule has 0 aliphatic heterocycles. The number of primary amides is 1. The van der Waals surface area contributed by atoms with Crippen molar-refractivity contribution in [2.75, 3.05) is 17.7 Å². The van der Waals surface area contributed by atoms with Gasteiger partial charge < -0.3 is 20.8 Å². The summed E-state index contributed by atoms with van der Waals surface area (Å²) in [4.78, 5) is 19.7. The summed E-state index contributed by atoms with van der Waals surface area (Å²) in [6, 6.07) is 0. The molecule has 2 heterocycles. The zero-order valence-electron chi connectivity index (χ0n) is 11.3. The van der Waals surface area contributed by atoms with Gasteiger partial charge in [0.25, 0.3) is 0 Å². The Labute approximate surface area is 111 Å². The van der Waals surface area contributed by atoms with Crippen molar-refractivity contribution in [2.24, 2.45) is 5.73 Å². The molecule has 0 fully saturated rings. The lowest BCUT2D eigenvalue weighted by molar-refractivity contribution is -0.118. The Hall–Kier alpha value is -2.31. The van der Waals surface area contributed by atoms with Crippen molar-refractivity contribution in [3.05, 3.63) is 18.6 Å². The fraction of sp³-hybridized carbons (Fsp3) is 0.417. The van der Waals surface area contributed by atoms with Crippen LogP contribution in [-0.4, -0.2) is 32.9 Å². The highest BCUT2D eigenvalue weighted by Crippen LogP contribution is 2.21. The number of fused-ring (bicyclic) bond motifs is 1. The lowest BCUT2D eigenvalue weighted by Gasteiger charge is -2.25. The molecule has 2 aromatic rings. The SMILES string of the molecule is CNc1cn2ccnc2c(NC(C)(C)CC(N)=O)n1. The Morgan fingerprint density at radius 2 is 2.26 bits per heavy atom. The number of nitrogens with zero attached hydrogens (tertiary/aromatic N) is 3. The minimum absolute atomic E-state index is 0.214. The molecule has 0 radical (unpaired) electrons. The van der Waals surface area contributed by atoms with E-state index in [-0.39, 0.29) is 12.3 Å². The molecule has 0 saturated carbocycles. The van der Waals surface area contributed by atoms with Crippen molar-refractivity contribution in [2.45, 2.75) is 25.8 Å². The van der Waals surface area contributed by atoms with Crippen LogP contribution in [0.25, 0.3) is 5.65 Å². The number of imidazole rings is 1. The second kappa shape index (κ2) is 4.75. The number of hydrogen-bond donors (Lipinski definition) is 3. The molecule has 2 aromatic heterocycles. The summed E-state index contributed by atoms with van der Waals surface area (Å²) in [5.74, 6) is 0.965. The van der Waals surface area contributed by atoms with Gasteiger partial charge in [0.05, 0.1) is 6.20 Å². The van der Waals surface area contributed by atoms with Crippen LogP contribution in [0.4, 0.5) is 11.6 Å². The number of anilines is 2. The van der Waals surface area contributed by atoms with Crippen LogP contribution in [0.15, 0.2) is 18.6 Å². The zero-order valence-corrected chi connectivity index (χ0v) is 11.3. The van der Waals surface area contributed by atoms with Gasteiger partial charge in [-0.05, 0) is 13.8 Å². The lowest BCUT2D eigenvalue weighted by Crippen LogP contribution is -2.36. The fourth-order valence-corrected chi connectivity index (χ4v) is 1.94. The zero-order chi connectivity index (χ0) is 14.0. The molecule has 0 unspecified atom stereocenters. The van der Waals surface area contributed by atoms with Crippen molar-refractivity contribution in [3.8, 4) is 0 Å². The van der Waals surface area contributed by atoms with Gasteiger partial charge in [-0.25, -0.2) is 9.97 Å². The summed E-state index contributed by atoms with van der Waals surface area (Å²) < 4.78 is 1.86. The van der Waals surface area contributed by atoms with Gasteiger partial charge in [-0.2, -0.15) is 0 Å². The molecule has 0 bridgehead atoms. The maximum atomic E-state index is 11.1. The van der Waals surface area contributed by atoms with Gasteiger partial charge in [-0.1, -0.05) is 0 Å². The first-order valence-electron chi connectivity index (χ1n) is 5.99. The van der Waals surface area contributed by atoms with Crippen molar-refractivity contribution in [1.82, 2.24) is 14.4 Å². The summed E-state index contributed by atoms with van der Waals surface area (Å²) in [7, 11) is 1.80. The van der Waals surface area contributed by atoms with Gasteiger partial charge in [0.1, 0.15) is 5.82 Å². The average molecular weight is 262 g/mol. The van der Waals surface area contributed by atoms with E-state index in [0.29, 0.717) is 17.3 Å². The van der Waals surface area contributed by atoms with Crippen LogP contribution in [-0.2, 0) is 4.79 Å². The summed E-state index contributed by atoms with van der Waals surface area (Å²) in [5, 5.41) is 6.20. The van der Waals surface area contributed by atoms with Gasteiger partial charge in [-0.15, -0.1) is 0 Å². The molecule has 0 saturated heterocycles. The Morgan fingerprint density at radius 1 is 1.53 bits per heavy atom. The first kappa shape index (κ1) is 13.1. The first-order valence-corrected chi connectivity index (χ1v) is 5.99. The van der Waals surface area contributed by atoms with E-state index in [0.717, 1.165) is 0 Å². The number of aromatic nitrogens is 3. The largest absolute Gasteiger partial charge is 0.372 e. The van der Waals surface area contributed by atoms with Crippen LogP contribution in [0.5, 0.6) is 0 Å². The number of rotatable bonds is 5. The topological polar surface area (TPSA) is 97.3 Å². The predicted octanol–water partition coefficient (Wildman–Crippen LogP) is 0.837. The molecule has 19 heavy (non-hydrogen) atoms. The van der Waals surface area contributed by atoms with E-state index >= 15 is 0 Å². The number of nitrogens with two attached hydrogens (primary N) is 1. The minimum atomic E-state index is -0.488. The molecule has 1 amide bonds. The van der Waals surface area contributed by atoms with Crippen LogP contribution in [0, 0.1) is 0 Å². The monoisotopic (exact) mass is 262 g/mol. The lowest BCUT2D eigenvalue weighted by atomic mass is 10.0. The van der Waals surface area contributed by atoms with Crippen LogP contribution in [0.3, 0.4) is 0 Å². The van der Waals surface area contributed by atoms with Crippen molar-refractivity contribution < 1.29 is 4.79 Å². The summed E-state index contributed by atoms with van der Waals surface area (Å²) in [6.07, 6.45) is 5.59. The van der Waals surface area contributed by atoms with Crippen LogP contribution in [0.1, 0.15) is 20.3 Å². The van der Waals surface area contributed by atoms with Gasteiger partial charge in [0.2, 0.25) is 5.91 Å². The Kier molecular flexibility index (Phi) is 3.28. The van der Waals surface area contributed by atoms with Crippen LogP contribution >= 0.6 is 0 Å². The van der Waals surface area contributed by atoms with Gasteiger partial charge in [0.15, 0.2) is 11.5 Å². The van der Waals surface area contributed by atoms with Crippen molar-refractivity contribution >= 4 is 23.2 Å². The molecule has 2 rings (SSSR count). The molecule has 7 nitrogen and oxygen atoms in total. The fourth-order valence-electron chi connectivity index (χ4n) is 1.94. The van der Waals surface area contributed by atoms with E-state index in [1.807, 2.05) is 30.6 Å². The molecule has 0 aromatic carbocycles. The molecule has 0 aliphatic rings. The molecular weight excluding hydrogens is 244 g/mol. The average Bonchev–Trinajstić information content (AvgIpc) is 2.74. The molecule has 0 atom stereocenters. The van der Waals surface area contributed by atoms with Crippen LogP contribution in [0.2, 0.25) is 0 Å². The molecular formula is C12H18N6O. The van der Waals surface area contributed by atoms with Gasteiger partial charge in [-0.3, -0.25) is 4.79 Å². The number of nitrogens with one attached hydrogen (secondary N) is 2. The second-order valence-corrected chi connectivity index (χ2v) is 5.03. The van der Waals surface area contributed by atoms with Gasteiger partial charge in [0, 0.05) is 31.4 Å². The van der Waals surface area contributed by atoms with E-state index in [1.165, 1.54) is 0 Å². The Morgan fingerprint density at radius 3 is 2.89 bits per heavy atom. The smallest absolute Gasteiger partial charge is 0.219 e. The summed E-state index contributed by atoms with van der Waals surface area (Å²) in [5.41, 5.74) is 5.47. The number of carbonyl (C=O) groups is 1. The molecule has 7 heteroatoms. The second-order valence-electron chi connectivity index (χ2n) is 5.03. The minimum Gasteiger partial charge on any atom is -0.372 e. The number of hydrogen-bond acceptors (Lipinski definition) is 5. The highest BCUT2D eigenvalue weighted by atomic mass is 16.1. The van der Waals surface area contributed by atoms with Crippen molar-refractivity contribution in [1.29, 1.82) is 0 Å². The third kappa shape index (κ3) is 2.93. The Balaban J connectivity index is 2.38. The summed E-state index contributed by atoms with van der Waals surface area (Å²) >= 11 is 0. The highest BCUT2D eigenvalue weighted by molar-refractivity contribution is 5.76. The third-order valence-corrected chi connectivity index (χ3v) is 2.70. The van der Waals surface area contributed by atoms with Crippen molar-refractivity contribution in [3.63, 3.8) is 0 Å². The van der Waals surface area contributed by atoms with E-state index in [9.17, 15) is 4.79 Å². The highest BCUT2D eigenvalue weighted by Gasteiger charge is 2.22. The maximum absolute atomic E-state index is 11.1. The van der Waals surface area contributed by atoms with E-state index < -0.39 is 5.54 Å². The van der Waals surface area contributed by atoms with E-state index in [4.69, 9.17) is 5.73 Å². The molecule has 0 aliphatic carbocycles. The maximum Gasteiger partial charge on any atom is 0.219 e. The quantitative estimate of drug-likeness (QED) is 0.741. The third-order valence-electron chi connectivity index (χ3n) is 2.70. The number of amides is 1. The first-order chi connectivity index (χ1) is 8.91. The molecule has 4 N–H and O–H groups in total. The predicted molar refractivity (Wildman–Crippen MR) is 74.0 cm³/mol. The van der Waals surface area contributed by atoms with E-state index in [1.54, 1.807) is 13.2 Å². The molecule has 102 valence electrons. The molecule has 0 spiro atoms. The Bertz CT molecular complexity index is 603. The van der Waals surface area contributed by atoms with Gasteiger partial charge >= 0.3 is 0 Å². The normalized spacial score (nSPS) is 11.5. The van der Waals surface area contributed by atoms with E-state index in [2.05, 4.69) is 20.6 Å². The number of carbonyl (C=O) groups excluding carboxylic acids is 1. The van der Waals surface area contributed by atoms with Crippen LogP contribution < -0.4 is 16.4 Å². The summed E-state index contributed by atoms with van der Waals surface area (Å²) in [6.45, 7) is 3.79. The standard InChI is InChI=1S/C12H18N6O/c1-12(2,6-8(13)19)17-10-11-15-4-5-18(11)7-9(14-3)16-10/h4-5,7,14H,6H2,1-3H3,(H2,13,19)(H,16,17).